The third kappa shape index (κ3) is 12.0. The Labute approximate surface area is 345 Å². The molecule has 1 heterocycles. The first-order valence-electron chi connectivity index (χ1n) is 19.8. The molecule has 13 nitrogen and oxygen atoms in total. The number of carbonyl (C=O) groups is 1. The number of hydrogen-bond acceptors (Lipinski definition) is 12. The van der Waals surface area contributed by atoms with Crippen LogP contribution >= 0.6 is 0 Å². The van der Waals surface area contributed by atoms with Gasteiger partial charge in [-0.2, -0.15) is 0 Å². The van der Waals surface area contributed by atoms with E-state index in [-0.39, 0.29) is 50.1 Å². The molecule has 0 bridgehead atoms. The van der Waals surface area contributed by atoms with Crippen LogP contribution in [0.1, 0.15) is 58.3 Å². The van der Waals surface area contributed by atoms with Crippen molar-refractivity contribution in [1.82, 2.24) is 10.3 Å². The number of ether oxygens (including phenoxy) is 6. The number of methoxy groups -OCH3 is 2. The third-order valence-electron chi connectivity index (χ3n) is 10.4. The number of nitrogens with zero attached hydrogens (tertiary/aromatic N) is 2. The summed E-state index contributed by atoms with van der Waals surface area (Å²) in [7, 11) is 3.30. The van der Waals surface area contributed by atoms with Gasteiger partial charge in [-0.3, -0.25) is 15.2 Å². The van der Waals surface area contributed by atoms with E-state index in [4.69, 9.17) is 43.7 Å². The van der Waals surface area contributed by atoms with Crippen molar-refractivity contribution in [2.45, 2.75) is 63.8 Å². The molecule has 1 aliphatic heterocycles. The highest BCUT2D eigenvalue weighted by Gasteiger charge is 2.41. The van der Waals surface area contributed by atoms with Crippen LogP contribution in [0.15, 0.2) is 109 Å². The van der Waals surface area contributed by atoms with E-state index < -0.39 is 18.3 Å². The summed E-state index contributed by atoms with van der Waals surface area (Å²) in [5, 5.41) is 30.1. The Morgan fingerprint density at radius 3 is 2.22 bits per heavy atom. The molecule has 0 radical (unpaired) electrons. The molecule has 1 amide bonds. The summed E-state index contributed by atoms with van der Waals surface area (Å²) in [6.45, 7) is 4.12. The van der Waals surface area contributed by atoms with Crippen LogP contribution in [0.25, 0.3) is 10.8 Å². The Bertz CT molecular complexity index is 2060. The number of rotatable bonds is 21. The van der Waals surface area contributed by atoms with Crippen molar-refractivity contribution in [3.8, 4) is 17.2 Å². The van der Waals surface area contributed by atoms with Gasteiger partial charge in [0.2, 0.25) is 0 Å². The zero-order chi connectivity index (χ0) is 41.6. The van der Waals surface area contributed by atoms with Crippen LogP contribution in [0.3, 0.4) is 0 Å². The van der Waals surface area contributed by atoms with Crippen LogP contribution in [0.2, 0.25) is 0 Å². The van der Waals surface area contributed by atoms with Gasteiger partial charge in [-0.15, -0.1) is 0 Å². The minimum absolute atomic E-state index is 0.0933. The van der Waals surface area contributed by atoms with E-state index in [9.17, 15) is 9.90 Å². The maximum atomic E-state index is 14.1. The zero-order valence-corrected chi connectivity index (χ0v) is 33.8. The fourth-order valence-corrected chi connectivity index (χ4v) is 7.23. The van der Waals surface area contributed by atoms with Crippen molar-refractivity contribution in [1.29, 1.82) is 0 Å². The lowest BCUT2D eigenvalue weighted by molar-refractivity contribution is -0.497. The second kappa shape index (κ2) is 21.8. The van der Waals surface area contributed by atoms with Crippen LogP contribution in [0, 0.1) is 0 Å². The standard InChI is InChI=1S/C46H54N2O11/c1-4-38(49)31-58-44-27-47(46(50)35-16-14-32(15-17-35)29-59-48(51)52)26-43(57-28-33-24-36-10-5-7-12-40(36)42(25-33)54-3)45(44)34-18-20-39(21-19-34)56-23-9-22-55-30-37-11-6-8-13-41(37)53-2/h5-8,10-21,24-25,38,43-45,49,51-52H,4,9,22-23,26-31H2,1-3H3. The van der Waals surface area contributed by atoms with Crippen molar-refractivity contribution < 1.29 is 53.6 Å². The molecule has 13 heteroatoms. The SMILES string of the molecule is CCC(O)COC1CN(C(=O)c2ccc(CON(O)O)cc2)CC(OCc2cc(OC)c3ccccc3c2)C1c1ccc(OCCCOCc2ccccc2OC)cc1. The monoisotopic (exact) mass is 810 g/mol. The van der Waals surface area contributed by atoms with Crippen LogP contribution in [-0.2, 0) is 38.9 Å². The molecule has 5 aromatic rings. The predicted octanol–water partition coefficient (Wildman–Crippen LogP) is 7.34. The van der Waals surface area contributed by atoms with E-state index >= 15 is 0 Å². The van der Waals surface area contributed by atoms with E-state index in [0.717, 1.165) is 39.0 Å². The normalized spacial score (nSPS) is 17.3. The molecule has 1 saturated heterocycles. The molecule has 3 N–H and O–H groups in total. The number of amides is 1. The van der Waals surface area contributed by atoms with Gasteiger partial charge in [-0.1, -0.05) is 73.7 Å². The summed E-state index contributed by atoms with van der Waals surface area (Å²) < 4.78 is 36.4. The molecule has 0 aromatic heterocycles. The van der Waals surface area contributed by atoms with Gasteiger partial charge in [0, 0.05) is 41.9 Å². The Morgan fingerprint density at radius 1 is 0.780 bits per heavy atom. The summed E-state index contributed by atoms with van der Waals surface area (Å²) in [6.07, 6.45) is -0.487. The predicted molar refractivity (Wildman–Crippen MR) is 220 cm³/mol. The van der Waals surface area contributed by atoms with E-state index in [1.807, 2.05) is 85.8 Å². The molecule has 0 saturated carbocycles. The van der Waals surface area contributed by atoms with Crippen molar-refractivity contribution in [3.63, 3.8) is 0 Å². The number of benzene rings is 5. The van der Waals surface area contributed by atoms with E-state index in [0.29, 0.717) is 49.5 Å². The number of fused-ring (bicyclic) bond motifs is 1. The van der Waals surface area contributed by atoms with E-state index in [1.165, 1.54) is 0 Å². The van der Waals surface area contributed by atoms with Crippen molar-refractivity contribution in [3.05, 3.63) is 137 Å². The van der Waals surface area contributed by atoms with E-state index in [2.05, 4.69) is 6.07 Å². The Balaban J connectivity index is 1.20. The molecule has 4 atom stereocenters. The number of aliphatic hydroxyl groups is 1. The van der Waals surface area contributed by atoms with Gasteiger partial charge in [0.1, 0.15) is 17.2 Å². The van der Waals surface area contributed by atoms with Gasteiger partial charge >= 0.3 is 0 Å². The molecule has 6 rings (SSSR count). The summed E-state index contributed by atoms with van der Waals surface area (Å²) in [4.78, 5) is 20.6. The molecule has 1 aliphatic rings. The highest BCUT2D eigenvalue weighted by atomic mass is 17.1. The largest absolute Gasteiger partial charge is 0.496 e. The second-order valence-electron chi connectivity index (χ2n) is 14.4. The van der Waals surface area contributed by atoms with Crippen molar-refractivity contribution in [2.24, 2.45) is 0 Å². The molecular formula is C46H54N2O11. The molecule has 1 fully saturated rings. The lowest BCUT2D eigenvalue weighted by atomic mass is 9.84. The highest BCUT2D eigenvalue weighted by molar-refractivity contribution is 5.94. The number of likely N-dealkylation sites (tertiary alicyclic amines) is 1. The molecule has 5 aromatic carbocycles. The highest BCUT2D eigenvalue weighted by Crippen LogP contribution is 2.36. The van der Waals surface area contributed by atoms with Gasteiger partial charge in [-0.05, 0) is 71.0 Å². The van der Waals surface area contributed by atoms with Crippen LogP contribution in [0.5, 0.6) is 17.2 Å². The third-order valence-corrected chi connectivity index (χ3v) is 10.4. The fraction of sp³-hybridized carbons (Fsp3) is 0.370. The first kappa shape index (κ1) is 43.5. The first-order valence-corrected chi connectivity index (χ1v) is 19.8. The zero-order valence-electron chi connectivity index (χ0n) is 33.8. The summed E-state index contributed by atoms with van der Waals surface area (Å²) >= 11 is 0. The number of carbonyl (C=O) groups excluding carboxylic acids is 1. The minimum atomic E-state index is -0.677. The smallest absolute Gasteiger partial charge is 0.254 e. The number of piperidine rings is 1. The molecule has 0 spiro atoms. The Morgan fingerprint density at radius 2 is 1.49 bits per heavy atom. The maximum absolute atomic E-state index is 14.1. The van der Waals surface area contributed by atoms with Crippen LogP contribution in [0.4, 0.5) is 0 Å². The average Bonchev–Trinajstić information content (AvgIpc) is 3.27. The van der Waals surface area contributed by atoms with Gasteiger partial charge < -0.3 is 38.4 Å². The van der Waals surface area contributed by atoms with Crippen molar-refractivity contribution >= 4 is 16.7 Å². The number of hydrogen-bond donors (Lipinski definition) is 3. The quantitative estimate of drug-likeness (QED) is 0.0503. The Kier molecular flexibility index (Phi) is 16.1. The molecule has 0 aliphatic carbocycles. The molecule has 59 heavy (non-hydrogen) atoms. The summed E-state index contributed by atoms with van der Waals surface area (Å²) in [6, 6.07) is 34.5. The topological polar surface area (TPSA) is 149 Å². The molecular weight excluding hydrogens is 757 g/mol. The first-order chi connectivity index (χ1) is 28.8. The van der Waals surface area contributed by atoms with Crippen molar-refractivity contribution in [2.75, 3.05) is 47.1 Å². The van der Waals surface area contributed by atoms with Gasteiger partial charge in [-0.25, -0.2) is 4.84 Å². The second-order valence-corrected chi connectivity index (χ2v) is 14.4. The minimum Gasteiger partial charge on any atom is -0.496 e. The lowest BCUT2D eigenvalue weighted by Gasteiger charge is -2.44. The number of aliphatic hydroxyl groups excluding tert-OH is 1. The average molecular weight is 811 g/mol. The number of para-hydroxylation sites is 1. The Hall–Kier alpha value is -5.09. The van der Waals surface area contributed by atoms with Crippen LogP contribution < -0.4 is 14.2 Å². The van der Waals surface area contributed by atoms with Gasteiger partial charge in [0.15, 0.2) is 0 Å². The maximum Gasteiger partial charge on any atom is 0.254 e. The summed E-state index contributed by atoms with van der Waals surface area (Å²) in [5.41, 5.74) is 3.94. The van der Waals surface area contributed by atoms with E-state index in [1.54, 1.807) is 43.4 Å². The van der Waals surface area contributed by atoms with Crippen LogP contribution in [-0.4, -0.2) is 97.2 Å². The van der Waals surface area contributed by atoms with Gasteiger partial charge in [0.05, 0.1) is 77.6 Å². The lowest BCUT2D eigenvalue weighted by Crippen LogP contribution is -2.54. The molecule has 4 unspecified atom stereocenters. The van der Waals surface area contributed by atoms with Gasteiger partial charge in [0.25, 0.3) is 5.91 Å². The fourth-order valence-electron chi connectivity index (χ4n) is 7.23. The summed E-state index contributed by atoms with van der Waals surface area (Å²) in [5.74, 6) is 1.73. The molecule has 314 valence electrons.